The molecule has 0 aromatic carbocycles. The summed E-state index contributed by atoms with van der Waals surface area (Å²) in [7, 11) is 0. The van der Waals surface area contributed by atoms with E-state index in [4.69, 9.17) is 14.2 Å². The topological polar surface area (TPSA) is 78.9 Å². The van der Waals surface area contributed by atoms with Gasteiger partial charge in [-0.25, -0.2) is 0 Å². The molecule has 380 valence electrons. The van der Waals surface area contributed by atoms with Crippen molar-refractivity contribution in [3.05, 3.63) is 0 Å². The number of rotatable bonds is 52. The van der Waals surface area contributed by atoms with E-state index in [2.05, 4.69) is 34.6 Å². The van der Waals surface area contributed by atoms with Crippen LogP contribution < -0.4 is 0 Å². The van der Waals surface area contributed by atoms with Gasteiger partial charge in [0.15, 0.2) is 6.10 Å². The summed E-state index contributed by atoms with van der Waals surface area (Å²) in [5.74, 6) is 0.818. The molecule has 6 heteroatoms. The zero-order valence-corrected chi connectivity index (χ0v) is 43.9. The van der Waals surface area contributed by atoms with Crippen molar-refractivity contribution >= 4 is 17.9 Å². The first-order valence-corrected chi connectivity index (χ1v) is 28.8. The normalized spacial score (nSPS) is 12.5. The van der Waals surface area contributed by atoms with Gasteiger partial charge in [0.05, 0.1) is 0 Å². The standard InChI is InChI=1S/C58H112O6/c1-6-8-9-10-11-12-13-14-15-16-20-23-26-29-32-38-43-48-56(59)62-51-55(64-58(61)50-45-40-35-34-37-42-47-54(5)7-2)52-63-57(60)49-44-39-33-30-27-24-21-18-17-19-22-25-28-31-36-41-46-53(3)4/h53-55H,6-52H2,1-5H3/t54?,55-/m1/s1. The van der Waals surface area contributed by atoms with Gasteiger partial charge in [-0.1, -0.05) is 285 Å². The third kappa shape index (κ3) is 49.8. The molecule has 1 unspecified atom stereocenters. The minimum Gasteiger partial charge on any atom is -0.462 e. The van der Waals surface area contributed by atoms with E-state index in [1.54, 1.807) is 0 Å². The molecule has 0 amide bonds. The van der Waals surface area contributed by atoms with Crippen LogP contribution in [0, 0.1) is 11.8 Å². The number of ether oxygens (including phenoxy) is 3. The van der Waals surface area contributed by atoms with Gasteiger partial charge in [-0.3, -0.25) is 14.4 Å². The zero-order chi connectivity index (χ0) is 46.8. The van der Waals surface area contributed by atoms with Crippen molar-refractivity contribution in [3.63, 3.8) is 0 Å². The minimum absolute atomic E-state index is 0.0638. The lowest BCUT2D eigenvalue weighted by molar-refractivity contribution is -0.167. The highest BCUT2D eigenvalue weighted by molar-refractivity contribution is 5.71. The van der Waals surface area contributed by atoms with E-state index in [1.165, 1.54) is 212 Å². The molecule has 0 rings (SSSR count). The molecule has 0 heterocycles. The summed E-state index contributed by atoms with van der Waals surface area (Å²) in [6, 6.07) is 0. The van der Waals surface area contributed by atoms with Crippen LogP contribution in [0.3, 0.4) is 0 Å². The molecule has 0 fully saturated rings. The molecular formula is C58H112O6. The Labute approximate surface area is 399 Å². The van der Waals surface area contributed by atoms with Crippen molar-refractivity contribution in [2.24, 2.45) is 11.8 Å². The molecule has 0 aromatic heterocycles. The predicted octanol–water partition coefficient (Wildman–Crippen LogP) is 18.9. The Kier molecular flexibility index (Phi) is 49.6. The van der Waals surface area contributed by atoms with E-state index in [0.717, 1.165) is 69.6 Å². The predicted molar refractivity (Wildman–Crippen MR) is 275 cm³/mol. The van der Waals surface area contributed by atoms with Gasteiger partial charge >= 0.3 is 17.9 Å². The summed E-state index contributed by atoms with van der Waals surface area (Å²) >= 11 is 0. The summed E-state index contributed by atoms with van der Waals surface area (Å²) < 4.78 is 16.9. The van der Waals surface area contributed by atoms with Gasteiger partial charge in [0.2, 0.25) is 0 Å². The lowest BCUT2D eigenvalue weighted by atomic mass is 10.00. The second-order valence-electron chi connectivity index (χ2n) is 20.6. The summed E-state index contributed by atoms with van der Waals surface area (Å²) in [4.78, 5) is 38.1. The fraction of sp³-hybridized carbons (Fsp3) is 0.948. The molecule has 0 radical (unpaired) electrons. The summed E-state index contributed by atoms with van der Waals surface area (Å²) in [6.45, 7) is 11.4. The van der Waals surface area contributed by atoms with Crippen molar-refractivity contribution in [2.45, 2.75) is 330 Å². The summed E-state index contributed by atoms with van der Waals surface area (Å²) in [5, 5.41) is 0. The fourth-order valence-electron chi connectivity index (χ4n) is 8.84. The molecule has 0 bridgehead atoms. The number of carbonyl (C=O) groups is 3. The molecular weight excluding hydrogens is 793 g/mol. The monoisotopic (exact) mass is 905 g/mol. The molecule has 0 aromatic rings. The van der Waals surface area contributed by atoms with Gasteiger partial charge in [-0.2, -0.15) is 0 Å². The molecule has 2 atom stereocenters. The second-order valence-corrected chi connectivity index (χ2v) is 20.6. The molecule has 0 aliphatic heterocycles. The summed E-state index contributed by atoms with van der Waals surface area (Å²) in [5.41, 5.74) is 0. The van der Waals surface area contributed by atoms with Crippen LogP contribution >= 0.6 is 0 Å². The van der Waals surface area contributed by atoms with Gasteiger partial charge in [-0.15, -0.1) is 0 Å². The van der Waals surface area contributed by atoms with Crippen molar-refractivity contribution in [3.8, 4) is 0 Å². The highest BCUT2D eigenvalue weighted by Crippen LogP contribution is 2.18. The lowest BCUT2D eigenvalue weighted by Gasteiger charge is -2.18. The molecule has 64 heavy (non-hydrogen) atoms. The molecule has 0 aliphatic carbocycles. The van der Waals surface area contributed by atoms with E-state index in [9.17, 15) is 14.4 Å². The van der Waals surface area contributed by atoms with E-state index in [-0.39, 0.29) is 31.1 Å². The number of esters is 3. The van der Waals surface area contributed by atoms with E-state index in [0.29, 0.717) is 19.3 Å². The third-order valence-electron chi connectivity index (χ3n) is 13.6. The largest absolute Gasteiger partial charge is 0.462 e. The Morgan fingerprint density at radius 3 is 0.891 bits per heavy atom. The highest BCUT2D eigenvalue weighted by Gasteiger charge is 2.19. The summed E-state index contributed by atoms with van der Waals surface area (Å²) in [6.07, 6.45) is 53.9. The van der Waals surface area contributed by atoms with Crippen LogP contribution in [0.25, 0.3) is 0 Å². The van der Waals surface area contributed by atoms with Crippen molar-refractivity contribution in [1.82, 2.24) is 0 Å². The Balaban J connectivity index is 4.22. The van der Waals surface area contributed by atoms with Gasteiger partial charge < -0.3 is 14.2 Å². The SMILES string of the molecule is CCCCCCCCCCCCCCCCCCCC(=O)OC[C@H](COC(=O)CCCCCCCCCCCCCCCCCCC(C)C)OC(=O)CCCCCCCCC(C)CC. The molecule has 0 saturated carbocycles. The maximum Gasteiger partial charge on any atom is 0.306 e. The van der Waals surface area contributed by atoms with Crippen LogP contribution in [0.15, 0.2) is 0 Å². The Morgan fingerprint density at radius 1 is 0.328 bits per heavy atom. The first-order chi connectivity index (χ1) is 31.3. The molecule has 6 nitrogen and oxygen atoms in total. The quantitative estimate of drug-likeness (QED) is 0.0344. The average Bonchev–Trinajstić information content (AvgIpc) is 3.28. The van der Waals surface area contributed by atoms with Crippen molar-refractivity contribution in [1.29, 1.82) is 0 Å². The molecule has 0 saturated heterocycles. The zero-order valence-electron chi connectivity index (χ0n) is 43.9. The Bertz CT molecular complexity index is 980. The van der Waals surface area contributed by atoms with E-state index < -0.39 is 6.10 Å². The first kappa shape index (κ1) is 62.4. The number of unbranched alkanes of at least 4 members (excludes halogenated alkanes) is 36. The van der Waals surface area contributed by atoms with Crippen LogP contribution in [0.5, 0.6) is 0 Å². The van der Waals surface area contributed by atoms with Gasteiger partial charge in [0.25, 0.3) is 0 Å². The smallest absolute Gasteiger partial charge is 0.306 e. The van der Waals surface area contributed by atoms with Gasteiger partial charge in [0, 0.05) is 19.3 Å². The molecule has 0 N–H and O–H groups in total. The van der Waals surface area contributed by atoms with Crippen LogP contribution in [-0.4, -0.2) is 37.2 Å². The van der Waals surface area contributed by atoms with E-state index >= 15 is 0 Å². The minimum atomic E-state index is -0.763. The third-order valence-corrected chi connectivity index (χ3v) is 13.6. The second kappa shape index (κ2) is 50.8. The number of hydrogen-bond acceptors (Lipinski definition) is 6. The maximum absolute atomic E-state index is 12.8. The fourth-order valence-corrected chi connectivity index (χ4v) is 8.84. The lowest BCUT2D eigenvalue weighted by Crippen LogP contribution is -2.30. The number of carbonyl (C=O) groups excluding carboxylic acids is 3. The van der Waals surface area contributed by atoms with Crippen LogP contribution in [0.4, 0.5) is 0 Å². The van der Waals surface area contributed by atoms with Crippen LogP contribution in [0.1, 0.15) is 324 Å². The average molecular weight is 906 g/mol. The van der Waals surface area contributed by atoms with Crippen LogP contribution in [-0.2, 0) is 28.6 Å². The van der Waals surface area contributed by atoms with Crippen LogP contribution in [0.2, 0.25) is 0 Å². The van der Waals surface area contributed by atoms with Gasteiger partial charge in [-0.05, 0) is 31.1 Å². The maximum atomic E-state index is 12.8. The highest BCUT2D eigenvalue weighted by atomic mass is 16.6. The van der Waals surface area contributed by atoms with Gasteiger partial charge in [0.1, 0.15) is 13.2 Å². The van der Waals surface area contributed by atoms with E-state index in [1.807, 2.05) is 0 Å². The van der Waals surface area contributed by atoms with Crippen molar-refractivity contribution in [2.75, 3.05) is 13.2 Å². The Hall–Kier alpha value is -1.59. The molecule has 0 spiro atoms. The number of hydrogen-bond donors (Lipinski definition) is 0. The Morgan fingerprint density at radius 2 is 0.594 bits per heavy atom. The molecule has 0 aliphatic rings. The first-order valence-electron chi connectivity index (χ1n) is 28.8. The van der Waals surface area contributed by atoms with Crippen molar-refractivity contribution < 1.29 is 28.6 Å².